The molecule has 2 rings (SSSR count). The van der Waals surface area contributed by atoms with Gasteiger partial charge in [0.15, 0.2) is 0 Å². The number of carbonyl (C=O) groups excluding carboxylic acids is 2. The molecule has 0 bridgehead atoms. The Morgan fingerprint density at radius 1 is 1.26 bits per heavy atom. The molecule has 1 aliphatic heterocycles. The van der Waals surface area contributed by atoms with E-state index in [1.54, 1.807) is 4.90 Å². The van der Waals surface area contributed by atoms with Crippen LogP contribution in [-0.4, -0.2) is 42.7 Å². The van der Waals surface area contributed by atoms with Gasteiger partial charge in [-0.15, -0.1) is 13.2 Å². The lowest BCUT2D eigenvalue weighted by atomic mass is 10.2. The summed E-state index contributed by atoms with van der Waals surface area (Å²) in [5.74, 6) is -1.65. The second-order valence-electron chi connectivity index (χ2n) is 4.94. The fourth-order valence-corrected chi connectivity index (χ4v) is 2.47. The van der Waals surface area contributed by atoms with Gasteiger partial charge in [-0.2, -0.15) is 0 Å². The molecular formula is C14H14ClF3N2O3. The molecule has 0 unspecified atom stereocenters. The Kier molecular flexibility index (Phi) is 5.35. The molecule has 1 aromatic rings. The number of amides is 2. The van der Waals surface area contributed by atoms with Gasteiger partial charge in [0.25, 0.3) is 5.91 Å². The fraction of sp³-hybridized carbons (Fsp3) is 0.429. The average molecular weight is 351 g/mol. The Morgan fingerprint density at radius 2 is 1.91 bits per heavy atom. The van der Waals surface area contributed by atoms with Crippen molar-refractivity contribution in [2.45, 2.75) is 19.2 Å². The normalized spacial score (nSPS) is 14.7. The zero-order chi connectivity index (χ0) is 17.0. The van der Waals surface area contributed by atoms with Crippen LogP contribution in [-0.2, 0) is 4.79 Å². The first-order chi connectivity index (χ1) is 10.8. The predicted molar refractivity (Wildman–Crippen MR) is 76.3 cm³/mol. The Balaban J connectivity index is 2.01. The highest BCUT2D eigenvalue weighted by Crippen LogP contribution is 2.32. The summed E-state index contributed by atoms with van der Waals surface area (Å²) in [5.41, 5.74) is -0.192. The summed E-state index contributed by atoms with van der Waals surface area (Å²) >= 11 is 5.77. The molecule has 0 spiro atoms. The Bertz CT molecular complexity index is 601. The van der Waals surface area contributed by atoms with Crippen molar-refractivity contribution in [3.63, 3.8) is 0 Å². The molecule has 5 nitrogen and oxygen atoms in total. The van der Waals surface area contributed by atoms with Crippen LogP contribution in [0, 0.1) is 0 Å². The smallest absolute Gasteiger partial charge is 0.404 e. The van der Waals surface area contributed by atoms with Gasteiger partial charge in [0.05, 0.1) is 17.1 Å². The van der Waals surface area contributed by atoms with Crippen molar-refractivity contribution in [3.05, 3.63) is 28.8 Å². The van der Waals surface area contributed by atoms with Gasteiger partial charge in [-0.25, -0.2) is 0 Å². The maximum atomic E-state index is 12.2. The average Bonchev–Trinajstić information content (AvgIpc) is 2.99. The molecule has 2 amide bonds. The molecule has 1 aliphatic rings. The van der Waals surface area contributed by atoms with Crippen molar-refractivity contribution < 1.29 is 27.5 Å². The summed E-state index contributed by atoms with van der Waals surface area (Å²) in [6.45, 7) is 1.05. The van der Waals surface area contributed by atoms with E-state index in [0.717, 1.165) is 18.9 Å². The molecule has 1 saturated heterocycles. The number of hydrogen-bond acceptors (Lipinski definition) is 3. The molecule has 1 heterocycles. The van der Waals surface area contributed by atoms with E-state index in [1.165, 1.54) is 12.1 Å². The van der Waals surface area contributed by atoms with Crippen molar-refractivity contribution in [2.75, 3.05) is 19.6 Å². The zero-order valence-corrected chi connectivity index (χ0v) is 12.7. The minimum atomic E-state index is -4.91. The molecule has 1 N–H and O–H groups in total. The van der Waals surface area contributed by atoms with Crippen molar-refractivity contribution >= 4 is 23.4 Å². The molecule has 23 heavy (non-hydrogen) atoms. The second kappa shape index (κ2) is 7.08. The Hall–Kier alpha value is -1.96. The largest absolute Gasteiger partial charge is 0.573 e. The molecule has 0 saturated carbocycles. The van der Waals surface area contributed by atoms with E-state index in [-0.39, 0.29) is 18.0 Å². The minimum Gasteiger partial charge on any atom is -0.404 e. The van der Waals surface area contributed by atoms with E-state index >= 15 is 0 Å². The van der Waals surface area contributed by atoms with Crippen molar-refractivity contribution in [1.82, 2.24) is 10.2 Å². The quantitative estimate of drug-likeness (QED) is 0.908. The van der Waals surface area contributed by atoms with Gasteiger partial charge in [-0.05, 0) is 25.0 Å². The zero-order valence-electron chi connectivity index (χ0n) is 12.0. The highest BCUT2D eigenvalue weighted by molar-refractivity contribution is 6.35. The molecule has 0 radical (unpaired) electrons. The van der Waals surface area contributed by atoms with Gasteiger partial charge < -0.3 is 15.0 Å². The van der Waals surface area contributed by atoms with Gasteiger partial charge in [0, 0.05) is 13.1 Å². The topological polar surface area (TPSA) is 58.6 Å². The molecule has 0 aromatic heterocycles. The van der Waals surface area contributed by atoms with Crippen LogP contribution < -0.4 is 10.1 Å². The van der Waals surface area contributed by atoms with Gasteiger partial charge >= 0.3 is 6.36 Å². The van der Waals surface area contributed by atoms with Crippen LogP contribution in [0.1, 0.15) is 23.2 Å². The summed E-state index contributed by atoms with van der Waals surface area (Å²) < 4.78 is 40.5. The van der Waals surface area contributed by atoms with Gasteiger partial charge in [0.2, 0.25) is 5.91 Å². The SMILES string of the molecule is O=C(NCC(=O)N1CCCC1)c1cccc(OC(F)(F)F)c1Cl. The molecule has 0 atom stereocenters. The molecule has 0 aliphatic carbocycles. The van der Waals surface area contributed by atoms with Gasteiger partial charge in [-0.3, -0.25) is 9.59 Å². The van der Waals surface area contributed by atoms with Gasteiger partial charge in [-0.1, -0.05) is 17.7 Å². The number of likely N-dealkylation sites (tertiary alicyclic amines) is 1. The van der Waals surface area contributed by atoms with Crippen LogP contribution in [0.15, 0.2) is 18.2 Å². The first-order valence-corrected chi connectivity index (χ1v) is 7.26. The van der Waals surface area contributed by atoms with E-state index < -0.39 is 23.0 Å². The number of halogens is 4. The summed E-state index contributed by atoms with van der Waals surface area (Å²) in [4.78, 5) is 25.4. The number of nitrogens with one attached hydrogen (secondary N) is 1. The van der Waals surface area contributed by atoms with E-state index in [9.17, 15) is 22.8 Å². The number of nitrogens with zero attached hydrogens (tertiary/aromatic N) is 1. The highest BCUT2D eigenvalue weighted by atomic mass is 35.5. The Morgan fingerprint density at radius 3 is 2.52 bits per heavy atom. The summed E-state index contributed by atoms with van der Waals surface area (Å²) in [6, 6.07) is 3.47. The minimum absolute atomic E-state index is 0.192. The first kappa shape index (κ1) is 17.4. The number of hydrogen-bond donors (Lipinski definition) is 1. The van der Waals surface area contributed by atoms with Crippen LogP contribution in [0.5, 0.6) is 5.75 Å². The molecule has 126 valence electrons. The van der Waals surface area contributed by atoms with Crippen LogP contribution in [0.4, 0.5) is 13.2 Å². The number of alkyl halides is 3. The third-order valence-corrected chi connectivity index (χ3v) is 3.68. The van der Waals surface area contributed by atoms with E-state index in [0.29, 0.717) is 13.1 Å². The summed E-state index contributed by atoms with van der Waals surface area (Å²) in [7, 11) is 0. The molecule has 9 heteroatoms. The maximum Gasteiger partial charge on any atom is 0.573 e. The molecule has 1 aromatic carbocycles. The maximum absolute atomic E-state index is 12.2. The third-order valence-electron chi connectivity index (χ3n) is 3.29. The number of ether oxygens (including phenoxy) is 1. The second-order valence-corrected chi connectivity index (χ2v) is 5.31. The van der Waals surface area contributed by atoms with Gasteiger partial charge in [0.1, 0.15) is 5.75 Å². The lowest BCUT2D eigenvalue weighted by molar-refractivity contribution is -0.274. The third kappa shape index (κ3) is 4.75. The molecular weight excluding hydrogens is 337 g/mol. The number of benzene rings is 1. The van der Waals surface area contributed by atoms with Crippen LogP contribution in [0.3, 0.4) is 0 Å². The lowest BCUT2D eigenvalue weighted by Gasteiger charge is -2.16. The fourth-order valence-electron chi connectivity index (χ4n) is 2.22. The van der Waals surface area contributed by atoms with E-state index in [2.05, 4.69) is 10.1 Å². The number of carbonyl (C=O) groups is 2. The molecule has 1 fully saturated rings. The predicted octanol–water partition coefficient (Wildman–Crippen LogP) is 2.59. The van der Waals surface area contributed by atoms with E-state index in [4.69, 9.17) is 11.6 Å². The van der Waals surface area contributed by atoms with Crippen LogP contribution in [0.2, 0.25) is 5.02 Å². The van der Waals surface area contributed by atoms with Crippen LogP contribution in [0.25, 0.3) is 0 Å². The van der Waals surface area contributed by atoms with Crippen molar-refractivity contribution in [1.29, 1.82) is 0 Å². The summed E-state index contributed by atoms with van der Waals surface area (Å²) in [5, 5.41) is 1.89. The van der Waals surface area contributed by atoms with Crippen molar-refractivity contribution in [2.24, 2.45) is 0 Å². The first-order valence-electron chi connectivity index (χ1n) is 6.88. The van der Waals surface area contributed by atoms with E-state index in [1.807, 2.05) is 0 Å². The van der Waals surface area contributed by atoms with Crippen molar-refractivity contribution in [3.8, 4) is 5.75 Å². The monoisotopic (exact) mass is 350 g/mol. The number of rotatable bonds is 4. The summed E-state index contributed by atoms with van der Waals surface area (Å²) in [6.07, 6.45) is -3.07. The Labute approximate surface area is 135 Å². The lowest BCUT2D eigenvalue weighted by Crippen LogP contribution is -2.38. The standard InChI is InChI=1S/C14H14ClF3N2O3/c15-12-9(4-3-5-10(12)23-14(16,17)18)13(22)19-8-11(21)20-6-1-2-7-20/h3-5H,1-2,6-8H2,(H,19,22). The van der Waals surface area contributed by atoms with Crippen LogP contribution >= 0.6 is 11.6 Å². The highest BCUT2D eigenvalue weighted by Gasteiger charge is 2.32.